The highest BCUT2D eigenvalue weighted by Gasteiger charge is 2.19. The van der Waals surface area contributed by atoms with Crippen molar-refractivity contribution in [1.29, 1.82) is 0 Å². The van der Waals surface area contributed by atoms with E-state index >= 15 is 0 Å². The zero-order valence-electron chi connectivity index (χ0n) is 11.0. The van der Waals surface area contributed by atoms with Crippen LogP contribution in [0.15, 0.2) is 54.6 Å². The van der Waals surface area contributed by atoms with E-state index in [9.17, 15) is 10.1 Å². The van der Waals surface area contributed by atoms with E-state index in [1.165, 1.54) is 12.1 Å². The Labute approximate surface area is 112 Å². The summed E-state index contributed by atoms with van der Waals surface area (Å²) in [5.41, 5.74) is 1.88. The summed E-state index contributed by atoms with van der Waals surface area (Å²) in [6.07, 6.45) is 0. The van der Waals surface area contributed by atoms with Gasteiger partial charge in [0.2, 0.25) is 0 Å². The molecule has 0 radical (unpaired) electrons. The van der Waals surface area contributed by atoms with Crippen LogP contribution in [0.1, 0.15) is 19.4 Å². The van der Waals surface area contributed by atoms with Gasteiger partial charge < -0.3 is 5.32 Å². The number of hydrogen-bond donors (Lipinski definition) is 1. The van der Waals surface area contributed by atoms with Gasteiger partial charge in [0.25, 0.3) is 5.69 Å². The van der Waals surface area contributed by atoms with Crippen LogP contribution in [0.5, 0.6) is 0 Å². The molecule has 0 aromatic heterocycles. The third-order valence-corrected chi connectivity index (χ3v) is 3.03. The van der Waals surface area contributed by atoms with Crippen molar-refractivity contribution in [1.82, 2.24) is 0 Å². The fourth-order valence-corrected chi connectivity index (χ4v) is 1.95. The predicted molar refractivity (Wildman–Crippen MR) is 76.2 cm³/mol. The Hall–Kier alpha value is -2.36. The lowest BCUT2D eigenvalue weighted by atomic mass is 9.94. The normalized spacial score (nSPS) is 11.1. The summed E-state index contributed by atoms with van der Waals surface area (Å²) >= 11 is 0. The van der Waals surface area contributed by atoms with Gasteiger partial charge in [0.1, 0.15) is 0 Å². The number of benzene rings is 2. The molecule has 0 bridgehead atoms. The first kappa shape index (κ1) is 13.1. The first-order chi connectivity index (χ1) is 8.99. The molecule has 4 nitrogen and oxygen atoms in total. The maximum atomic E-state index is 10.6. The zero-order valence-corrected chi connectivity index (χ0v) is 11.0. The minimum atomic E-state index is -0.397. The summed E-state index contributed by atoms with van der Waals surface area (Å²) in [4.78, 5) is 10.2. The van der Waals surface area contributed by atoms with Gasteiger partial charge in [0, 0.05) is 17.8 Å². The number of rotatable bonds is 4. The maximum Gasteiger partial charge on any atom is 0.269 e. The van der Waals surface area contributed by atoms with Gasteiger partial charge in [0.05, 0.1) is 10.5 Å². The Morgan fingerprint density at radius 2 is 1.58 bits per heavy atom. The van der Waals surface area contributed by atoms with Gasteiger partial charge in [-0.3, -0.25) is 10.1 Å². The van der Waals surface area contributed by atoms with Crippen molar-refractivity contribution in [3.8, 4) is 0 Å². The van der Waals surface area contributed by atoms with Crippen LogP contribution in [0.25, 0.3) is 0 Å². The van der Waals surface area contributed by atoms with Crippen molar-refractivity contribution in [3.63, 3.8) is 0 Å². The fourth-order valence-electron chi connectivity index (χ4n) is 1.95. The quantitative estimate of drug-likeness (QED) is 0.665. The zero-order chi connectivity index (χ0) is 13.9. The van der Waals surface area contributed by atoms with Gasteiger partial charge in [-0.05, 0) is 31.5 Å². The minimum absolute atomic E-state index is 0.100. The lowest BCUT2D eigenvalue weighted by Crippen LogP contribution is -2.27. The van der Waals surface area contributed by atoms with Crippen molar-refractivity contribution in [3.05, 3.63) is 70.3 Å². The molecule has 0 heterocycles. The van der Waals surface area contributed by atoms with Crippen molar-refractivity contribution in [2.24, 2.45) is 0 Å². The van der Waals surface area contributed by atoms with Gasteiger partial charge in [-0.25, -0.2) is 0 Å². The Morgan fingerprint density at radius 1 is 1.00 bits per heavy atom. The van der Waals surface area contributed by atoms with Crippen LogP contribution in [0.3, 0.4) is 0 Å². The molecule has 0 aliphatic heterocycles. The van der Waals surface area contributed by atoms with Crippen molar-refractivity contribution < 1.29 is 4.92 Å². The third-order valence-electron chi connectivity index (χ3n) is 3.03. The average molecular weight is 256 g/mol. The van der Waals surface area contributed by atoms with E-state index in [0.717, 1.165) is 11.3 Å². The minimum Gasteiger partial charge on any atom is -0.376 e. The molecule has 2 aromatic carbocycles. The second-order valence-corrected chi connectivity index (χ2v) is 4.92. The topological polar surface area (TPSA) is 55.2 Å². The van der Waals surface area contributed by atoms with Crippen molar-refractivity contribution in [2.45, 2.75) is 19.4 Å². The van der Waals surface area contributed by atoms with E-state index in [1.54, 1.807) is 12.1 Å². The van der Waals surface area contributed by atoms with Crippen LogP contribution in [0.4, 0.5) is 11.4 Å². The molecule has 2 aromatic rings. The van der Waals surface area contributed by atoms with Crippen LogP contribution in [0, 0.1) is 10.1 Å². The molecule has 0 aliphatic rings. The van der Waals surface area contributed by atoms with E-state index in [1.807, 2.05) is 18.2 Å². The second-order valence-electron chi connectivity index (χ2n) is 4.92. The summed E-state index contributed by atoms with van der Waals surface area (Å²) in [5.74, 6) is 0. The van der Waals surface area contributed by atoms with E-state index in [0.29, 0.717) is 0 Å². The summed E-state index contributed by atoms with van der Waals surface area (Å²) in [7, 11) is 0. The van der Waals surface area contributed by atoms with Crippen LogP contribution in [-0.4, -0.2) is 4.92 Å². The summed E-state index contributed by atoms with van der Waals surface area (Å²) in [5, 5.41) is 14.0. The molecule has 2 rings (SSSR count). The van der Waals surface area contributed by atoms with Gasteiger partial charge in [0.15, 0.2) is 0 Å². The highest BCUT2D eigenvalue weighted by Crippen LogP contribution is 2.26. The smallest absolute Gasteiger partial charge is 0.269 e. The molecule has 0 saturated heterocycles. The molecule has 0 spiro atoms. The molecule has 0 saturated carbocycles. The number of nitro benzene ring substituents is 1. The van der Waals surface area contributed by atoms with Gasteiger partial charge >= 0.3 is 0 Å². The van der Waals surface area contributed by atoms with Gasteiger partial charge in [-0.2, -0.15) is 0 Å². The van der Waals surface area contributed by atoms with Crippen LogP contribution >= 0.6 is 0 Å². The number of hydrogen-bond acceptors (Lipinski definition) is 3. The predicted octanol–water partition coefficient (Wildman–Crippen LogP) is 3.94. The Bertz CT molecular complexity index is 562. The average Bonchev–Trinajstić information content (AvgIpc) is 2.40. The molecule has 0 fully saturated rings. The number of non-ortho nitro benzene ring substituents is 1. The van der Waals surface area contributed by atoms with E-state index < -0.39 is 4.92 Å². The second kappa shape index (κ2) is 5.10. The monoisotopic (exact) mass is 256 g/mol. The van der Waals surface area contributed by atoms with Crippen LogP contribution in [-0.2, 0) is 5.54 Å². The summed E-state index contributed by atoms with van der Waals surface area (Å²) in [6, 6.07) is 16.5. The van der Waals surface area contributed by atoms with E-state index in [4.69, 9.17) is 0 Å². The summed E-state index contributed by atoms with van der Waals surface area (Å²) < 4.78 is 0. The van der Waals surface area contributed by atoms with Crippen molar-refractivity contribution >= 4 is 11.4 Å². The lowest BCUT2D eigenvalue weighted by molar-refractivity contribution is -0.384. The maximum absolute atomic E-state index is 10.6. The molecule has 0 unspecified atom stereocenters. The molecule has 0 atom stereocenters. The first-order valence-electron chi connectivity index (χ1n) is 6.07. The molecule has 0 aliphatic carbocycles. The Balaban J connectivity index is 2.18. The van der Waals surface area contributed by atoms with E-state index in [-0.39, 0.29) is 11.2 Å². The molecule has 4 heteroatoms. The number of anilines is 1. The first-order valence-corrected chi connectivity index (χ1v) is 6.07. The Kier molecular flexibility index (Phi) is 3.51. The SMILES string of the molecule is CC(C)(Nc1ccc([N+](=O)[O-])cc1)c1ccccc1. The highest BCUT2D eigenvalue weighted by molar-refractivity contribution is 5.51. The molecule has 0 amide bonds. The van der Waals surface area contributed by atoms with E-state index in [2.05, 4.69) is 31.3 Å². The standard InChI is InChI=1S/C15H16N2O2/c1-15(2,12-6-4-3-5-7-12)16-13-8-10-14(11-9-13)17(18)19/h3-11,16H,1-2H3. The third kappa shape index (κ3) is 3.10. The number of nitrogens with one attached hydrogen (secondary N) is 1. The fraction of sp³-hybridized carbons (Fsp3) is 0.200. The number of nitro groups is 1. The highest BCUT2D eigenvalue weighted by atomic mass is 16.6. The largest absolute Gasteiger partial charge is 0.376 e. The van der Waals surface area contributed by atoms with Gasteiger partial charge in [-0.1, -0.05) is 30.3 Å². The molecule has 1 N–H and O–H groups in total. The molecule has 98 valence electrons. The number of nitrogens with zero attached hydrogens (tertiary/aromatic N) is 1. The Morgan fingerprint density at radius 3 is 2.11 bits per heavy atom. The summed E-state index contributed by atoms with van der Waals surface area (Å²) in [6.45, 7) is 4.15. The molecular formula is C15H16N2O2. The van der Waals surface area contributed by atoms with Crippen molar-refractivity contribution in [2.75, 3.05) is 5.32 Å². The van der Waals surface area contributed by atoms with Gasteiger partial charge in [-0.15, -0.1) is 0 Å². The molecule has 19 heavy (non-hydrogen) atoms. The lowest BCUT2D eigenvalue weighted by Gasteiger charge is -2.28. The van der Waals surface area contributed by atoms with Crippen LogP contribution in [0.2, 0.25) is 0 Å². The van der Waals surface area contributed by atoms with Crippen LogP contribution < -0.4 is 5.32 Å². The molecular weight excluding hydrogens is 240 g/mol.